The van der Waals surface area contributed by atoms with Crippen LogP contribution in [-0.4, -0.2) is 12.4 Å². The minimum Gasteiger partial charge on any atom is -0.406 e. The maximum atomic E-state index is 12.4. The highest BCUT2D eigenvalue weighted by Gasteiger charge is 2.39. The zero-order valence-corrected chi connectivity index (χ0v) is 17.0. The maximum absolute atomic E-state index is 12.4. The summed E-state index contributed by atoms with van der Waals surface area (Å²) in [5.41, 5.74) is 2.50. The van der Waals surface area contributed by atoms with E-state index in [2.05, 4.69) is 56.0 Å². The molecule has 1 aromatic rings. The van der Waals surface area contributed by atoms with Gasteiger partial charge in [0.1, 0.15) is 5.75 Å². The summed E-state index contributed by atoms with van der Waals surface area (Å²) in [6.07, 6.45) is 5.43. The highest BCUT2D eigenvalue weighted by Crippen LogP contribution is 2.47. The van der Waals surface area contributed by atoms with Gasteiger partial charge in [0.15, 0.2) is 0 Å². The lowest BCUT2D eigenvalue weighted by Gasteiger charge is -2.45. The summed E-state index contributed by atoms with van der Waals surface area (Å²) in [4.78, 5) is 0. The van der Waals surface area contributed by atoms with Crippen LogP contribution in [-0.2, 0) is 0 Å². The Balaban J connectivity index is 1.74. The van der Waals surface area contributed by atoms with Crippen LogP contribution in [0.4, 0.5) is 18.9 Å². The lowest BCUT2D eigenvalue weighted by molar-refractivity contribution is -0.274. The van der Waals surface area contributed by atoms with Crippen molar-refractivity contribution >= 4 is 5.69 Å². The van der Waals surface area contributed by atoms with Gasteiger partial charge in [0, 0.05) is 11.6 Å². The van der Waals surface area contributed by atoms with Crippen LogP contribution in [0.3, 0.4) is 0 Å². The number of hydrogen-bond acceptors (Lipinski definition) is 2. The monoisotopic (exact) mass is 393 g/mol. The van der Waals surface area contributed by atoms with Gasteiger partial charge in [0.2, 0.25) is 0 Å². The van der Waals surface area contributed by atoms with Crippen molar-refractivity contribution in [2.24, 2.45) is 23.2 Å². The zero-order valence-electron chi connectivity index (χ0n) is 17.0. The Kier molecular flexibility index (Phi) is 5.83. The SMILES string of the molecule is CC1=CC=CC(Nc2ccc(OC(F)(F)F)cc2)C1[C@@H]1C[C@H](C)CC(C)(C)C1. The van der Waals surface area contributed by atoms with E-state index in [1.54, 1.807) is 12.1 Å². The van der Waals surface area contributed by atoms with E-state index in [1.807, 2.05) is 0 Å². The van der Waals surface area contributed by atoms with E-state index in [0.717, 1.165) is 5.69 Å². The Hall–Kier alpha value is -1.91. The Morgan fingerprint density at radius 2 is 1.79 bits per heavy atom. The lowest BCUT2D eigenvalue weighted by Crippen LogP contribution is -2.40. The van der Waals surface area contributed by atoms with E-state index in [4.69, 9.17) is 0 Å². The molecule has 0 spiro atoms. The molecule has 1 fully saturated rings. The Labute approximate surface area is 165 Å². The van der Waals surface area contributed by atoms with E-state index in [0.29, 0.717) is 23.2 Å². The number of ether oxygens (including phenoxy) is 1. The molecule has 1 saturated carbocycles. The highest BCUT2D eigenvalue weighted by atomic mass is 19.4. The minimum atomic E-state index is -4.67. The smallest absolute Gasteiger partial charge is 0.406 e. The average molecular weight is 393 g/mol. The van der Waals surface area contributed by atoms with Crippen LogP contribution in [0.15, 0.2) is 48.1 Å². The first kappa shape index (κ1) is 20.8. The average Bonchev–Trinajstić information content (AvgIpc) is 2.53. The topological polar surface area (TPSA) is 21.3 Å². The minimum absolute atomic E-state index is 0.130. The number of alkyl halides is 3. The summed E-state index contributed by atoms with van der Waals surface area (Å²) in [6.45, 7) is 9.24. The summed E-state index contributed by atoms with van der Waals surface area (Å²) >= 11 is 0. The number of benzene rings is 1. The number of halogens is 3. The third-order valence-corrected chi connectivity index (χ3v) is 5.94. The molecule has 4 atom stereocenters. The number of rotatable bonds is 4. The molecule has 0 radical (unpaired) electrons. The van der Waals surface area contributed by atoms with Gasteiger partial charge in [-0.1, -0.05) is 44.6 Å². The van der Waals surface area contributed by atoms with Crippen LogP contribution in [0.1, 0.15) is 47.0 Å². The van der Waals surface area contributed by atoms with Gasteiger partial charge in [-0.15, -0.1) is 13.2 Å². The molecular formula is C23H30F3NO. The molecular weight excluding hydrogens is 363 g/mol. The summed E-state index contributed by atoms with van der Waals surface area (Å²) < 4.78 is 41.0. The normalized spacial score (nSPS) is 29.9. The molecule has 2 unspecified atom stereocenters. The summed E-state index contributed by atoms with van der Waals surface area (Å²) in [6, 6.07) is 6.13. The molecule has 1 N–H and O–H groups in total. The van der Waals surface area contributed by atoms with Gasteiger partial charge in [0.05, 0.1) is 6.04 Å². The molecule has 0 saturated heterocycles. The molecule has 2 aliphatic rings. The number of nitrogens with one attached hydrogen (secondary N) is 1. The van der Waals surface area contributed by atoms with Crippen LogP contribution in [0.2, 0.25) is 0 Å². The number of hydrogen-bond donors (Lipinski definition) is 1. The predicted molar refractivity (Wildman–Crippen MR) is 107 cm³/mol. The second kappa shape index (κ2) is 7.84. The molecule has 0 heterocycles. The molecule has 5 heteroatoms. The van der Waals surface area contributed by atoms with Crippen molar-refractivity contribution in [1.82, 2.24) is 0 Å². The van der Waals surface area contributed by atoms with E-state index >= 15 is 0 Å². The lowest BCUT2D eigenvalue weighted by atomic mass is 9.62. The van der Waals surface area contributed by atoms with Crippen molar-refractivity contribution in [2.75, 3.05) is 5.32 Å². The molecule has 0 aromatic heterocycles. The third kappa shape index (κ3) is 5.33. The Morgan fingerprint density at radius 3 is 2.39 bits per heavy atom. The Morgan fingerprint density at radius 1 is 1.11 bits per heavy atom. The molecule has 0 bridgehead atoms. The van der Waals surface area contributed by atoms with Crippen molar-refractivity contribution in [3.05, 3.63) is 48.1 Å². The van der Waals surface area contributed by atoms with E-state index < -0.39 is 6.36 Å². The van der Waals surface area contributed by atoms with Crippen LogP contribution in [0.25, 0.3) is 0 Å². The van der Waals surface area contributed by atoms with Crippen LogP contribution >= 0.6 is 0 Å². The first-order valence-electron chi connectivity index (χ1n) is 10.00. The molecule has 1 aromatic carbocycles. The van der Waals surface area contributed by atoms with Gasteiger partial charge in [-0.3, -0.25) is 0 Å². The van der Waals surface area contributed by atoms with Crippen molar-refractivity contribution in [3.63, 3.8) is 0 Å². The number of allylic oxidation sites excluding steroid dienone is 2. The first-order valence-corrected chi connectivity index (χ1v) is 10.00. The van der Waals surface area contributed by atoms with Gasteiger partial charge in [-0.25, -0.2) is 0 Å². The zero-order chi connectivity index (χ0) is 20.5. The van der Waals surface area contributed by atoms with Gasteiger partial charge in [-0.05, 0) is 67.7 Å². The fourth-order valence-electron chi connectivity index (χ4n) is 5.28. The molecule has 154 valence electrons. The summed E-state index contributed by atoms with van der Waals surface area (Å²) in [5.74, 6) is 1.48. The van der Waals surface area contributed by atoms with Gasteiger partial charge < -0.3 is 10.1 Å². The third-order valence-electron chi connectivity index (χ3n) is 5.94. The van der Waals surface area contributed by atoms with E-state index in [1.165, 1.54) is 37.0 Å². The van der Waals surface area contributed by atoms with Crippen molar-refractivity contribution in [3.8, 4) is 5.75 Å². The molecule has 3 rings (SSSR count). The summed E-state index contributed by atoms with van der Waals surface area (Å²) in [7, 11) is 0. The highest BCUT2D eigenvalue weighted by molar-refractivity contribution is 5.49. The predicted octanol–water partition coefficient (Wildman–Crippen LogP) is 6.96. The quantitative estimate of drug-likeness (QED) is 0.597. The largest absolute Gasteiger partial charge is 0.573 e. The van der Waals surface area contributed by atoms with Crippen LogP contribution in [0, 0.1) is 23.2 Å². The van der Waals surface area contributed by atoms with E-state index in [9.17, 15) is 13.2 Å². The van der Waals surface area contributed by atoms with Gasteiger partial charge in [0.25, 0.3) is 0 Å². The maximum Gasteiger partial charge on any atom is 0.573 e. The number of anilines is 1. The van der Waals surface area contributed by atoms with Crippen LogP contribution < -0.4 is 10.1 Å². The summed E-state index contributed by atoms with van der Waals surface area (Å²) in [5, 5.41) is 3.53. The molecule has 0 aliphatic heterocycles. The molecule has 28 heavy (non-hydrogen) atoms. The molecule has 0 amide bonds. The fourth-order valence-corrected chi connectivity index (χ4v) is 5.28. The van der Waals surface area contributed by atoms with Gasteiger partial charge >= 0.3 is 6.36 Å². The van der Waals surface area contributed by atoms with Gasteiger partial charge in [-0.2, -0.15) is 0 Å². The second-order valence-electron chi connectivity index (χ2n) is 9.24. The van der Waals surface area contributed by atoms with Crippen molar-refractivity contribution < 1.29 is 17.9 Å². The van der Waals surface area contributed by atoms with Crippen LogP contribution in [0.5, 0.6) is 5.75 Å². The van der Waals surface area contributed by atoms with Crippen molar-refractivity contribution in [1.29, 1.82) is 0 Å². The van der Waals surface area contributed by atoms with E-state index in [-0.39, 0.29) is 11.8 Å². The Bertz CT molecular complexity index is 733. The molecule has 2 aliphatic carbocycles. The van der Waals surface area contributed by atoms with Crippen molar-refractivity contribution in [2.45, 2.75) is 59.4 Å². The molecule has 2 nitrogen and oxygen atoms in total. The second-order valence-corrected chi connectivity index (χ2v) is 9.24. The first-order chi connectivity index (χ1) is 13.0. The standard InChI is InChI=1S/C23H30F3NO/c1-15-12-17(14-22(3,4)13-15)21-16(2)6-5-7-20(21)27-18-8-10-19(11-9-18)28-23(24,25)26/h5-11,15,17,20-21,27H,12-14H2,1-4H3/t15-,17+,20?,21?/m0/s1. The fraction of sp³-hybridized carbons (Fsp3) is 0.565.